The normalized spacial score (nSPS) is 17.3. The maximum absolute atomic E-state index is 13.5. The number of ether oxygens (including phenoxy) is 2. The number of aryl methyl sites for hydroxylation is 1. The predicted molar refractivity (Wildman–Crippen MR) is 152 cm³/mol. The highest BCUT2D eigenvalue weighted by atomic mass is 32.1. The number of hydrogen-bond acceptors (Lipinski definition) is 5. The zero-order chi connectivity index (χ0) is 26.1. The van der Waals surface area contributed by atoms with Crippen LogP contribution >= 0.6 is 12.2 Å². The number of carbonyl (C=O) groups is 1. The van der Waals surface area contributed by atoms with Gasteiger partial charge in [-0.3, -0.25) is 9.69 Å². The summed E-state index contributed by atoms with van der Waals surface area (Å²) in [4.78, 5) is 19.2. The van der Waals surface area contributed by atoms with E-state index in [9.17, 15) is 4.79 Å². The lowest BCUT2D eigenvalue weighted by molar-refractivity contribution is -0.114. The van der Waals surface area contributed by atoms with Gasteiger partial charge < -0.3 is 23.8 Å². The molecule has 0 bridgehead atoms. The molecular weight excluding hydrogens is 484 g/mol. The lowest BCUT2D eigenvalue weighted by Gasteiger charge is -2.29. The Kier molecular flexibility index (Phi) is 7.04. The van der Waals surface area contributed by atoms with E-state index in [0.29, 0.717) is 17.4 Å². The first kappa shape index (κ1) is 25.0. The number of anilines is 2. The van der Waals surface area contributed by atoms with Gasteiger partial charge in [0.1, 0.15) is 11.4 Å². The van der Waals surface area contributed by atoms with Crippen molar-refractivity contribution in [3.63, 3.8) is 0 Å². The molecule has 3 heterocycles. The summed E-state index contributed by atoms with van der Waals surface area (Å²) >= 11 is 5.65. The second kappa shape index (κ2) is 10.4. The second-order valence-electron chi connectivity index (χ2n) is 9.22. The number of hydrogen-bond donors (Lipinski definition) is 0. The Hall–Kier alpha value is -3.62. The Bertz CT molecular complexity index is 1340. The Balaban J connectivity index is 1.42. The van der Waals surface area contributed by atoms with Gasteiger partial charge in [-0.1, -0.05) is 0 Å². The SMILES string of the molecule is CCOc1ccc(N2C(=O)/C(=C/c3cc(C)n(-c4ccc(N5CCOCC5)cc4)c3C)N(C)C2=S)cc1. The molecule has 0 radical (unpaired) electrons. The molecular formula is C29H32N4O3S. The van der Waals surface area contributed by atoms with E-state index in [1.165, 1.54) is 5.69 Å². The maximum Gasteiger partial charge on any atom is 0.281 e. The summed E-state index contributed by atoms with van der Waals surface area (Å²) in [5, 5.41) is 0.452. The Labute approximate surface area is 223 Å². The zero-order valence-corrected chi connectivity index (χ0v) is 22.5. The summed E-state index contributed by atoms with van der Waals surface area (Å²) in [6.07, 6.45) is 1.93. The predicted octanol–water partition coefficient (Wildman–Crippen LogP) is 4.93. The molecule has 2 aliphatic rings. The average molecular weight is 517 g/mol. The number of benzene rings is 2. The van der Waals surface area contributed by atoms with Gasteiger partial charge in [0, 0.05) is 42.9 Å². The van der Waals surface area contributed by atoms with Gasteiger partial charge in [-0.2, -0.15) is 0 Å². The molecule has 192 valence electrons. The van der Waals surface area contributed by atoms with Gasteiger partial charge in [0.2, 0.25) is 0 Å². The first-order chi connectivity index (χ1) is 17.9. The van der Waals surface area contributed by atoms with Crippen molar-refractivity contribution >= 4 is 40.7 Å². The van der Waals surface area contributed by atoms with Crippen molar-refractivity contribution in [2.75, 3.05) is 49.8 Å². The van der Waals surface area contributed by atoms with E-state index < -0.39 is 0 Å². The van der Waals surface area contributed by atoms with Crippen molar-refractivity contribution in [2.45, 2.75) is 20.8 Å². The Morgan fingerprint density at radius 2 is 1.59 bits per heavy atom. The van der Waals surface area contributed by atoms with Crippen LogP contribution in [-0.2, 0) is 9.53 Å². The van der Waals surface area contributed by atoms with Crippen LogP contribution in [0.25, 0.3) is 11.8 Å². The van der Waals surface area contributed by atoms with E-state index in [1.54, 1.807) is 9.80 Å². The molecule has 2 aromatic carbocycles. The third kappa shape index (κ3) is 4.74. The first-order valence-electron chi connectivity index (χ1n) is 12.6. The number of thiocarbonyl (C=S) groups is 1. The number of amides is 1. The molecule has 1 aromatic heterocycles. The Morgan fingerprint density at radius 3 is 2.24 bits per heavy atom. The van der Waals surface area contributed by atoms with Gasteiger partial charge in [-0.15, -0.1) is 0 Å². The van der Waals surface area contributed by atoms with Crippen LogP contribution in [0, 0.1) is 13.8 Å². The minimum Gasteiger partial charge on any atom is -0.494 e. The number of morpholine rings is 1. The molecule has 7 nitrogen and oxygen atoms in total. The van der Waals surface area contributed by atoms with Gasteiger partial charge in [0.05, 0.1) is 25.5 Å². The summed E-state index contributed by atoms with van der Waals surface area (Å²) in [6, 6.07) is 18.2. The molecule has 3 aromatic rings. The lowest BCUT2D eigenvalue weighted by Crippen LogP contribution is -2.36. The van der Waals surface area contributed by atoms with E-state index in [4.69, 9.17) is 21.7 Å². The topological polar surface area (TPSA) is 50.2 Å². The standard InChI is InChI=1S/C29H32N4O3S/c1-5-36-26-12-10-25(11-13-26)33-28(34)27(30(4)29(33)37)19-22-18-20(2)32(21(22)3)24-8-6-23(7-9-24)31-14-16-35-17-15-31/h6-13,18-19H,5,14-17H2,1-4H3/b27-19-. The zero-order valence-electron chi connectivity index (χ0n) is 21.7. The van der Waals surface area contributed by atoms with Crippen LogP contribution in [0.5, 0.6) is 5.75 Å². The summed E-state index contributed by atoms with van der Waals surface area (Å²) in [6.45, 7) is 10.1. The quantitative estimate of drug-likeness (QED) is 0.342. The fourth-order valence-electron chi connectivity index (χ4n) is 4.95. The van der Waals surface area contributed by atoms with Crippen molar-refractivity contribution in [1.82, 2.24) is 9.47 Å². The highest BCUT2D eigenvalue weighted by Crippen LogP contribution is 2.31. The van der Waals surface area contributed by atoms with Crippen LogP contribution in [0.15, 0.2) is 60.3 Å². The molecule has 0 aliphatic carbocycles. The fourth-order valence-corrected chi connectivity index (χ4v) is 5.24. The minimum atomic E-state index is -0.142. The van der Waals surface area contributed by atoms with Crippen LogP contribution in [-0.4, -0.2) is 60.4 Å². The maximum atomic E-state index is 13.5. The third-order valence-electron chi connectivity index (χ3n) is 6.91. The van der Waals surface area contributed by atoms with Gasteiger partial charge >= 0.3 is 0 Å². The van der Waals surface area contributed by atoms with Crippen molar-refractivity contribution < 1.29 is 14.3 Å². The van der Waals surface area contributed by atoms with Crippen LogP contribution in [0.4, 0.5) is 11.4 Å². The number of nitrogens with zero attached hydrogens (tertiary/aromatic N) is 4. The van der Waals surface area contributed by atoms with Crippen molar-refractivity contribution in [3.8, 4) is 11.4 Å². The highest BCUT2D eigenvalue weighted by Gasteiger charge is 2.37. The van der Waals surface area contributed by atoms with Gasteiger partial charge in [-0.05, 0) is 99.2 Å². The first-order valence-corrected chi connectivity index (χ1v) is 13.0. The fraction of sp³-hybridized carbons (Fsp3) is 0.310. The number of carbonyl (C=O) groups excluding carboxylic acids is 1. The largest absolute Gasteiger partial charge is 0.494 e. The summed E-state index contributed by atoms with van der Waals surface area (Å²) in [7, 11) is 1.84. The molecule has 0 N–H and O–H groups in total. The van der Waals surface area contributed by atoms with Crippen LogP contribution in [0.2, 0.25) is 0 Å². The van der Waals surface area contributed by atoms with Crippen molar-refractivity contribution in [3.05, 3.63) is 77.2 Å². The molecule has 5 rings (SSSR count). The molecule has 37 heavy (non-hydrogen) atoms. The average Bonchev–Trinajstić information content (AvgIpc) is 3.31. The monoisotopic (exact) mass is 516 g/mol. The van der Waals surface area contributed by atoms with Crippen molar-refractivity contribution in [1.29, 1.82) is 0 Å². The second-order valence-corrected chi connectivity index (χ2v) is 9.58. The summed E-state index contributed by atoms with van der Waals surface area (Å²) in [5.41, 5.74) is 6.72. The lowest BCUT2D eigenvalue weighted by atomic mass is 10.2. The van der Waals surface area contributed by atoms with Crippen molar-refractivity contribution in [2.24, 2.45) is 0 Å². The van der Waals surface area contributed by atoms with Gasteiger partial charge in [0.15, 0.2) is 5.11 Å². The smallest absolute Gasteiger partial charge is 0.281 e. The molecule has 8 heteroatoms. The molecule has 2 saturated heterocycles. The van der Waals surface area contributed by atoms with Gasteiger partial charge in [-0.25, -0.2) is 0 Å². The molecule has 0 atom stereocenters. The van der Waals surface area contributed by atoms with Gasteiger partial charge in [0.25, 0.3) is 5.91 Å². The third-order valence-corrected chi connectivity index (χ3v) is 7.37. The number of aromatic nitrogens is 1. The van der Waals surface area contributed by atoms with Crippen LogP contribution in [0.3, 0.4) is 0 Å². The highest BCUT2D eigenvalue weighted by molar-refractivity contribution is 7.80. The van der Waals surface area contributed by atoms with Crippen LogP contribution < -0.4 is 14.5 Å². The van der Waals surface area contributed by atoms with E-state index in [0.717, 1.165) is 60.4 Å². The molecule has 0 unspecified atom stereocenters. The van der Waals surface area contributed by atoms with E-state index in [1.807, 2.05) is 44.3 Å². The Morgan fingerprint density at radius 1 is 0.973 bits per heavy atom. The molecule has 0 saturated carbocycles. The number of likely N-dealkylation sites (N-methyl/N-ethyl adjacent to an activating group) is 1. The van der Waals surface area contributed by atoms with E-state index in [-0.39, 0.29) is 5.91 Å². The summed E-state index contributed by atoms with van der Waals surface area (Å²) in [5.74, 6) is 0.620. The number of rotatable bonds is 6. The van der Waals surface area contributed by atoms with E-state index in [2.05, 4.69) is 53.6 Å². The molecule has 0 spiro atoms. The minimum absolute atomic E-state index is 0.142. The molecule has 2 aliphatic heterocycles. The van der Waals surface area contributed by atoms with Crippen LogP contribution in [0.1, 0.15) is 23.9 Å². The van der Waals surface area contributed by atoms with E-state index >= 15 is 0 Å². The molecule has 2 fully saturated rings. The summed E-state index contributed by atoms with van der Waals surface area (Å²) < 4.78 is 13.2. The molecule has 1 amide bonds.